The predicted molar refractivity (Wildman–Crippen MR) is 68.3 cm³/mol. The first-order chi connectivity index (χ1) is 7.79. The molecule has 98 valence electrons. The van der Waals surface area contributed by atoms with Crippen LogP contribution in [0.3, 0.4) is 0 Å². The fourth-order valence-electron chi connectivity index (χ4n) is 2.04. The second-order valence-corrected chi connectivity index (χ2v) is 4.42. The summed E-state index contributed by atoms with van der Waals surface area (Å²) in [7, 11) is 2.11. The molecule has 1 saturated heterocycles. The maximum Gasteiger partial charge on any atom is 0.240 e. The lowest BCUT2D eigenvalue weighted by atomic mass is 10.2. The van der Waals surface area contributed by atoms with Crippen LogP contribution in [0.5, 0.6) is 0 Å². The smallest absolute Gasteiger partial charge is 0.240 e. The van der Waals surface area contributed by atoms with Crippen LogP contribution in [0.15, 0.2) is 4.52 Å². The molecule has 0 aromatic carbocycles. The zero-order valence-electron chi connectivity index (χ0n) is 10.5. The van der Waals surface area contributed by atoms with Crippen LogP contribution in [0.2, 0.25) is 0 Å². The van der Waals surface area contributed by atoms with Crippen molar-refractivity contribution in [1.82, 2.24) is 20.4 Å². The van der Waals surface area contributed by atoms with Crippen LogP contribution in [0.4, 0.5) is 0 Å². The summed E-state index contributed by atoms with van der Waals surface area (Å²) >= 11 is 0. The SMILES string of the molecule is CCCc1noc(CN(C)C2CCNC2)n1.Cl. The van der Waals surface area contributed by atoms with Gasteiger partial charge in [-0.2, -0.15) is 4.98 Å². The van der Waals surface area contributed by atoms with E-state index in [2.05, 4.69) is 34.3 Å². The Labute approximate surface area is 108 Å². The van der Waals surface area contributed by atoms with Gasteiger partial charge in [-0.3, -0.25) is 4.90 Å². The number of hydrogen-bond acceptors (Lipinski definition) is 5. The number of rotatable bonds is 5. The van der Waals surface area contributed by atoms with E-state index >= 15 is 0 Å². The van der Waals surface area contributed by atoms with Crippen molar-refractivity contribution in [3.05, 3.63) is 11.7 Å². The molecule has 0 aliphatic carbocycles. The third-order valence-electron chi connectivity index (χ3n) is 3.03. The summed E-state index contributed by atoms with van der Waals surface area (Å²) in [5, 5.41) is 7.31. The minimum Gasteiger partial charge on any atom is -0.338 e. The van der Waals surface area contributed by atoms with Crippen molar-refractivity contribution in [3.8, 4) is 0 Å². The van der Waals surface area contributed by atoms with Crippen LogP contribution in [0.1, 0.15) is 31.5 Å². The molecule has 0 amide bonds. The third kappa shape index (κ3) is 3.94. The van der Waals surface area contributed by atoms with E-state index in [1.54, 1.807) is 0 Å². The van der Waals surface area contributed by atoms with E-state index in [1.807, 2.05) is 0 Å². The molecule has 17 heavy (non-hydrogen) atoms. The van der Waals surface area contributed by atoms with Crippen LogP contribution < -0.4 is 5.32 Å². The lowest BCUT2D eigenvalue weighted by Gasteiger charge is -2.21. The highest BCUT2D eigenvalue weighted by atomic mass is 35.5. The fourth-order valence-corrected chi connectivity index (χ4v) is 2.04. The molecular weight excluding hydrogens is 240 g/mol. The normalized spacial score (nSPS) is 19.6. The summed E-state index contributed by atoms with van der Waals surface area (Å²) < 4.78 is 5.22. The summed E-state index contributed by atoms with van der Waals surface area (Å²) in [6.07, 6.45) is 3.16. The summed E-state index contributed by atoms with van der Waals surface area (Å²) in [6.45, 7) is 5.04. The quantitative estimate of drug-likeness (QED) is 0.863. The van der Waals surface area contributed by atoms with Crippen molar-refractivity contribution >= 4 is 12.4 Å². The van der Waals surface area contributed by atoms with Gasteiger partial charge >= 0.3 is 0 Å². The van der Waals surface area contributed by atoms with E-state index in [1.165, 1.54) is 6.42 Å². The van der Waals surface area contributed by atoms with Gasteiger partial charge in [0.05, 0.1) is 6.54 Å². The number of likely N-dealkylation sites (N-methyl/N-ethyl adjacent to an activating group) is 1. The predicted octanol–water partition coefficient (Wildman–Crippen LogP) is 1.24. The molecule has 2 rings (SSSR count). The number of halogens is 1. The molecule has 0 saturated carbocycles. The van der Waals surface area contributed by atoms with E-state index < -0.39 is 0 Å². The lowest BCUT2D eigenvalue weighted by molar-refractivity contribution is 0.214. The first-order valence-corrected chi connectivity index (χ1v) is 6.02. The van der Waals surface area contributed by atoms with Gasteiger partial charge in [0.15, 0.2) is 5.82 Å². The highest BCUT2D eigenvalue weighted by molar-refractivity contribution is 5.85. The maximum absolute atomic E-state index is 5.22. The Hall–Kier alpha value is -0.650. The van der Waals surface area contributed by atoms with Crippen molar-refractivity contribution in [3.63, 3.8) is 0 Å². The average molecular weight is 261 g/mol. The summed E-state index contributed by atoms with van der Waals surface area (Å²) in [4.78, 5) is 6.65. The summed E-state index contributed by atoms with van der Waals surface area (Å²) in [5.41, 5.74) is 0. The van der Waals surface area contributed by atoms with Gasteiger partial charge in [-0.05, 0) is 26.4 Å². The Balaban J connectivity index is 0.00000144. The average Bonchev–Trinajstić information content (AvgIpc) is 2.89. The zero-order chi connectivity index (χ0) is 11.4. The van der Waals surface area contributed by atoms with Gasteiger partial charge in [0, 0.05) is 19.0 Å². The minimum absolute atomic E-state index is 0. The van der Waals surface area contributed by atoms with E-state index in [-0.39, 0.29) is 12.4 Å². The summed E-state index contributed by atoms with van der Waals surface area (Å²) in [5.74, 6) is 1.56. The monoisotopic (exact) mass is 260 g/mol. The summed E-state index contributed by atoms with van der Waals surface area (Å²) in [6, 6.07) is 0.599. The van der Waals surface area contributed by atoms with Crippen molar-refractivity contribution in [1.29, 1.82) is 0 Å². The second kappa shape index (κ2) is 6.93. The molecule has 1 fully saturated rings. The van der Waals surface area contributed by atoms with Gasteiger partial charge < -0.3 is 9.84 Å². The minimum atomic E-state index is 0. The van der Waals surface area contributed by atoms with Crippen LogP contribution in [0.25, 0.3) is 0 Å². The number of nitrogens with one attached hydrogen (secondary N) is 1. The molecule has 1 N–H and O–H groups in total. The van der Waals surface area contributed by atoms with E-state index in [0.717, 1.165) is 44.2 Å². The number of nitrogens with zero attached hydrogens (tertiary/aromatic N) is 3. The molecule has 1 aliphatic heterocycles. The number of hydrogen-bond donors (Lipinski definition) is 1. The molecule has 0 bridgehead atoms. The first-order valence-electron chi connectivity index (χ1n) is 6.02. The maximum atomic E-state index is 5.22. The molecule has 6 heteroatoms. The largest absolute Gasteiger partial charge is 0.338 e. The van der Waals surface area contributed by atoms with E-state index in [9.17, 15) is 0 Å². The van der Waals surface area contributed by atoms with Crippen molar-refractivity contribution in [2.45, 2.75) is 38.8 Å². The molecule has 1 unspecified atom stereocenters. The first kappa shape index (κ1) is 14.4. The highest BCUT2D eigenvalue weighted by Crippen LogP contribution is 2.10. The van der Waals surface area contributed by atoms with Gasteiger partial charge in [-0.15, -0.1) is 12.4 Å². The Morgan fingerprint density at radius 2 is 2.35 bits per heavy atom. The van der Waals surface area contributed by atoms with Crippen LogP contribution in [0, 0.1) is 0 Å². The molecule has 5 nitrogen and oxygen atoms in total. The van der Waals surface area contributed by atoms with E-state index in [0.29, 0.717) is 6.04 Å². The molecule has 0 radical (unpaired) electrons. The fraction of sp³-hybridized carbons (Fsp3) is 0.818. The molecule has 0 spiro atoms. The Kier molecular flexibility index (Phi) is 5.88. The van der Waals surface area contributed by atoms with Crippen molar-refractivity contribution in [2.24, 2.45) is 0 Å². The van der Waals surface area contributed by atoms with Gasteiger partial charge in [0.25, 0.3) is 0 Å². The number of aromatic nitrogens is 2. The molecule has 1 aromatic heterocycles. The highest BCUT2D eigenvalue weighted by Gasteiger charge is 2.20. The van der Waals surface area contributed by atoms with Crippen LogP contribution in [-0.2, 0) is 13.0 Å². The van der Waals surface area contributed by atoms with E-state index in [4.69, 9.17) is 4.52 Å². The molecule has 2 heterocycles. The molecule has 1 atom stereocenters. The Morgan fingerprint density at radius 1 is 1.53 bits per heavy atom. The van der Waals surface area contributed by atoms with Crippen LogP contribution in [-0.4, -0.2) is 41.2 Å². The standard InChI is InChI=1S/C11H20N4O.ClH/c1-3-4-10-13-11(16-14-10)8-15(2)9-5-6-12-7-9;/h9,12H,3-8H2,1-2H3;1H. The van der Waals surface area contributed by atoms with Gasteiger partial charge in [-0.25, -0.2) is 0 Å². The Morgan fingerprint density at radius 3 is 3.00 bits per heavy atom. The van der Waals surface area contributed by atoms with Crippen molar-refractivity contribution in [2.75, 3.05) is 20.1 Å². The lowest BCUT2D eigenvalue weighted by Crippen LogP contribution is -2.32. The molecule has 1 aliphatic rings. The van der Waals surface area contributed by atoms with Gasteiger partial charge in [0.1, 0.15) is 0 Å². The van der Waals surface area contributed by atoms with Crippen LogP contribution >= 0.6 is 12.4 Å². The van der Waals surface area contributed by atoms with Crippen molar-refractivity contribution < 1.29 is 4.52 Å². The third-order valence-corrected chi connectivity index (χ3v) is 3.03. The zero-order valence-corrected chi connectivity index (χ0v) is 11.3. The molecular formula is C11H21ClN4O. The van der Waals surface area contributed by atoms with Gasteiger partial charge in [0.2, 0.25) is 5.89 Å². The Bertz CT molecular complexity index is 325. The number of aryl methyl sites for hydroxylation is 1. The molecule has 1 aromatic rings. The van der Waals surface area contributed by atoms with Gasteiger partial charge in [-0.1, -0.05) is 12.1 Å². The topological polar surface area (TPSA) is 54.2 Å². The second-order valence-electron chi connectivity index (χ2n) is 4.42.